The van der Waals surface area contributed by atoms with Crippen LogP contribution < -0.4 is 5.32 Å². The number of nitrogens with one attached hydrogen (secondary N) is 1. The molecule has 0 saturated carbocycles. The summed E-state index contributed by atoms with van der Waals surface area (Å²) in [6, 6.07) is 9.61. The van der Waals surface area contributed by atoms with E-state index >= 15 is 0 Å². The number of aromatic nitrogens is 2. The molecular formula is C14H18N4O3S. The number of para-hydroxylation sites is 1. The molecule has 0 saturated heterocycles. The van der Waals surface area contributed by atoms with Crippen LogP contribution in [0, 0.1) is 0 Å². The molecular weight excluding hydrogens is 304 g/mol. The number of hydrogen-bond acceptors (Lipinski definition) is 4. The molecule has 2 rings (SSSR count). The summed E-state index contributed by atoms with van der Waals surface area (Å²) in [5, 5.41) is 6.89. The molecule has 0 aliphatic heterocycles. The molecule has 118 valence electrons. The highest BCUT2D eigenvalue weighted by atomic mass is 32.2. The van der Waals surface area contributed by atoms with Gasteiger partial charge in [0, 0.05) is 25.4 Å². The highest BCUT2D eigenvalue weighted by molar-refractivity contribution is 7.88. The average Bonchev–Trinajstić information content (AvgIpc) is 2.94. The second kappa shape index (κ2) is 6.71. The number of benzene rings is 1. The topological polar surface area (TPSA) is 84.3 Å². The standard InChI is InChI=1S/C14H18N4O3S/c1-17(22(2,20)21)11-14(19)15-8-12-9-16-18(10-12)13-6-4-3-5-7-13/h3-7,9-10H,8,11H2,1-2H3,(H,15,19). The Labute approximate surface area is 129 Å². The monoisotopic (exact) mass is 322 g/mol. The maximum Gasteiger partial charge on any atom is 0.235 e. The minimum atomic E-state index is -3.36. The molecule has 1 amide bonds. The van der Waals surface area contributed by atoms with E-state index in [2.05, 4.69) is 10.4 Å². The van der Waals surface area contributed by atoms with Crippen molar-refractivity contribution in [3.63, 3.8) is 0 Å². The predicted octanol–water partition coefficient (Wildman–Crippen LogP) is 0.380. The zero-order chi connectivity index (χ0) is 16.2. The summed E-state index contributed by atoms with van der Waals surface area (Å²) >= 11 is 0. The minimum Gasteiger partial charge on any atom is -0.351 e. The third-order valence-corrected chi connectivity index (χ3v) is 4.34. The Kier molecular flexibility index (Phi) is 4.94. The number of amides is 1. The fourth-order valence-corrected chi connectivity index (χ4v) is 2.10. The van der Waals surface area contributed by atoms with Crippen LogP contribution in [0.3, 0.4) is 0 Å². The average molecular weight is 322 g/mol. The van der Waals surface area contributed by atoms with Crippen LogP contribution in [0.25, 0.3) is 5.69 Å². The van der Waals surface area contributed by atoms with E-state index in [9.17, 15) is 13.2 Å². The Morgan fingerprint density at radius 3 is 2.64 bits per heavy atom. The highest BCUT2D eigenvalue weighted by Gasteiger charge is 2.14. The highest BCUT2D eigenvalue weighted by Crippen LogP contribution is 2.07. The van der Waals surface area contributed by atoms with Crippen molar-refractivity contribution in [3.05, 3.63) is 48.3 Å². The SMILES string of the molecule is CN(CC(=O)NCc1cnn(-c2ccccc2)c1)S(C)(=O)=O. The van der Waals surface area contributed by atoms with E-state index in [1.807, 2.05) is 36.5 Å². The Morgan fingerprint density at radius 2 is 2.00 bits per heavy atom. The second-order valence-corrected chi connectivity index (χ2v) is 7.01. The van der Waals surface area contributed by atoms with Gasteiger partial charge in [-0.05, 0) is 12.1 Å². The zero-order valence-corrected chi connectivity index (χ0v) is 13.2. The smallest absolute Gasteiger partial charge is 0.235 e. The van der Waals surface area contributed by atoms with Crippen LogP contribution in [-0.2, 0) is 21.4 Å². The van der Waals surface area contributed by atoms with E-state index in [4.69, 9.17) is 0 Å². The summed E-state index contributed by atoms with van der Waals surface area (Å²) in [6.45, 7) is 0.0922. The Hall–Kier alpha value is -2.19. The van der Waals surface area contributed by atoms with Gasteiger partial charge in [0.25, 0.3) is 0 Å². The molecule has 0 radical (unpaired) electrons. The summed E-state index contributed by atoms with van der Waals surface area (Å²) in [7, 11) is -1.99. The molecule has 2 aromatic rings. The quantitative estimate of drug-likeness (QED) is 0.833. The van der Waals surface area contributed by atoms with Gasteiger partial charge in [-0.1, -0.05) is 18.2 Å². The van der Waals surface area contributed by atoms with Gasteiger partial charge in [0.2, 0.25) is 15.9 Å². The van der Waals surface area contributed by atoms with Crippen LogP contribution in [0.15, 0.2) is 42.7 Å². The maximum absolute atomic E-state index is 11.7. The van der Waals surface area contributed by atoms with Crippen molar-refractivity contribution in [2.24, 2.45) is 0 Å². The summed E-state index contributed by atoms with van der Waals surface area (Å²) in [6.07, 6.45) is 4.54. The molecule has 0 aliphatic carbocycles. The number of likely N-dealkylation sites (N-methyl/N-ethyl adjacent to an activating group) is 1. The van der Waals surface area contributed by atoms with Gasteiger partial charge in [-0.2, -0.15) is 9.40 Å². The summed E-state index contributed by atoms with van der Waals surface area (Å²) in [5.41, 5.74) is 1.76. The third-order valence-electron chi connectivity index (χ3n) is 3.08. The first-order valence-electron chi connectivity index (χ1n) is 6.63. The first-order chi connectivity index (χ1) is 10.4. The minimum absolute atomic E-state index is 0.203. The molecule has 1 N–H and O–H groups in total. The first-order valence-corrected chi connectivity index (χ1v) is 8.48. The van der Waals surface area contributed by atoms with Gasteiger partial charge in [-0.15, -0.1) is 0 Å². The van der Waals surface area contributed by atoms with Gasteiger partial charge in [-0.25, -0.2) is 13.1 Å². The first kappa shape index (κ1) is 16.2. The Morgan fingerprint density at radius 1 is 1.32 bits per heavy atom. The molecule has 1 heterocycles. The second-order valence-electron chi connectivity index (χ2n) is 4.92. The van der Waals surface area contributed by atoms with Crippen LogP contribution in [-0.4, -0.2) is 48.3 Å². The van der Waals surface area contributed by atoms with Crippen LogP contribution in [0.5, 0.6) is 0 Å². The van der Waals surface area contributed by atoms with Crippen molar-refractivity contribution in [1.82, 2.24) is 19.4 Å². The lowest BCUT2D eigenvalue weighted by Gasteiger charge is -2.13. The van der Waals surface area contributed by atoms with Crippen molar-refractivity contribution in [1.29, 1.82) is 0 Å². The van der Waals surface area contributed by atoms with Gasteiger partial charge in [0.1, 0.15) is 0 Å². The Balaban J connectivity index is 1.90. The lowest BCUT2D eigenvalue weighted by Crippen LogP contribution is -2.37. The van der Waals surface area contributed by atoms with Crippen LogP contribution in [0.4, 0.5) is 0 Å². The molecule has 0 bridgehead atoms. The van der Waals surface area contributed by atoms with Crippen LogP contribution in [0.1, 0.15) is 5.56 Å². The number of sulfonamides is 1. The summed E-state index contributed by atoms with van der Waals surface area (Å²) < 4.78 is 25.2. The molecule has 1 aromatic carbocycles. The molecule has 1 aromatic heterocycles. The van der Waals surface area contributed by atoms with E-state index in [0.717, 1.165) is 21.8 Å². The zero-order valence-electron chi connectivity index (χ0n) is 12.4. The van der Waals surface area contributed by atoms with Crippen molar-refractivity contribution >= 4 is 15.9 Å². The molecule has 0 spiro atoms. The van der Waals surface area contributed by atoms with Crippen molar-refractivity contribution in [2.75, 3.05) is 19.8 Å². The molecule has 0 unspecified atom stereocenters. The van der Waals surface area contributed by atoms with E-state index in [1.165, 1.54) is 7.05 Å². The van der Waals surface area contributed by atoms with Gasteiger partial charge in [0.15, 0.2) is 0 Å². The molecule has 0 aliphatic rings. The number of nitrogens with zero attached hydrogens (tertiary/aromatic N) is 3. The largest absolute Gasteiger partial charge is 0.351 e. The van der Waals surface area contributed by atoms with E-state index < -0.39 is 10.0 Å². The van der Waals surface area contributed by atoms with Crippen LogP contribution in [0.2, 0.25) is 0 Å². The number of hydrogen-bond donors (Lipinski definition) is 1. The lowest BCUT2D eigenvalue weighted by molar-refractivity contribution is -0.121. The van der Waals surface area contributed by atoms with Gasteiger partial charge < -0.3 is 5.32 Å². The van der Waals surface area contributed by atoms with Gasteiger partial charge >= 0.3 is 0 Å². The fraction of sp³-hybridized carbons (Fsp3) is 0.286. The van der Waals surface area contributed by atoms with Crippen LogP contribution >= 0.6 is 0 Å². The molecule has 0 atom stereocenters. The van der Waals surface area contributed by atoms with Crippen molar-refractivity contribution in [3.8, 4) is 5.69 Å². The number of carbonyl (C=O) groups is 1. The van der Waals surface area contributed by atoms with Crippen molar-refractivity contribution in [2.45, 2.75) is 6.54 Å². The summed E-state index contributed by atoms with van der Waals surface area (Å²) in [4.78, 5) is 11.7. The predicted molar refractivity (Wildman–Crippen MR) is 82.9 cm³/mol. The van der Waals surface area contributed by atoms with E-state index in [0.29, 0.717) is 6.54 Å². The van der Waals surface area contributed by atoms with E-state index in [1.54, 1.807) is 10.9 Å². The molecule has 0 fully saturated rings. The third kappa shape index (κ3) is 4.40. The lowest BCUT2D eigenvalue weighted by atomic mass is 10.3. The summed E-state index contributed by atoms with van der Waals surface area (Å²) in [5.74, 6) is -0.361. The molecule has 8 heteroatoms. The Bertz CT molecular complexity index is 740. The molecule has 22 heavy (non-hydrogen) atoms. The number of rotatable bonds is 6. The van der Waals surface area contributed by atoms with Gasteiger partial charge in [-0.3, -0.25) is 4.79 Å². The molecule has 7 nitrogen and oxygen atoms in total. The van der Waals surface area contributed by atoms with Gasteiger partial charge in [0.05, 0.1) is 24.7 Å². The van der Waals surface area contributed by atoms with E-state index in [-0.39, 0.29) is 12.5 Å². The maximum atomic E-state index is 11.7. The number of carbonyl (C=O) groups excluding carboxylic acids is 1. The van der Waals surface area contributed by atoms with Crippen molar-refractivity contribution < 1.29 is 13.2 Å². The normalized spacial score (nSPS) is 11.6. The fourth-order valence-electron chi connectivity index (χ4n) is 1.75.